The minimum atomic E-state index is -3.13. The maximum atomic E-state index is 12.8. The zero-order chi connectivity index (χ0) is 24.2. The summed E-state index contributed by atoms with van der Waals surface area (Å²) in [5, 5.41) is 0.559. The van der Waals surface area contributed by atoms with Gasteiger partial charge in [-0.2, -0.15) is 0 Å². The number of sulfone groups is 1. The van der Waals surface area contributed by atoms with Crippen LogP contribution in [0.4, 0.5) is 0 Å². The van der Waals surface area contributed by atoms with Crippen LogP contribution in [0.15, 0.2) is 24.3 Å². The number of hydrogen-bond donors (Lipinski definition) is 0. The van der Waals surface area contributed by atoms with Gasteiger partial charge >= 0.3 is 5.97 Å². The van der Waals surface area contributed by atoms with Gasteiger partial charge in [0.1, 0.15) is 0 Å². The molecule has 182 valence electrons. The number of hydrogen-bond acceptors (Lipinski definition) is 6. The Morgan fingerprint density at radius 2 is 1.76 bits per heavy atom. The number of esters is 1. The highest BCUT2D eigenvalue weighted by Crippen LogP contribution is 2.22. The second kappa shape index (κ2) is 10.9. The average molecular weight is 499 g/mol. The summed E-state index contributed by atoms with van der Waals surface area (Å²) in [6.07, 6.45) is 1.33. The minimum absolute atomic E-state index is 0.0421. The van der Waals surface area contributed by atoms with Gasteiger partial charge in [-0.1, -0.05) is 25.4 Å². The molecule has 0 bridgehead atoms. The van der Waals surface area contributed by atoms with Gasteiger partial charge in [0.2, 0.25) is 0 Å². The minimum Gasteiger partial charge on any atom is -0.455 e. The zero-order valence-electron chi connectivity index (χ0n) is 19.0. The van der Waals surface area contributed by atoms with E-state index in [0.717, 1.165) is 0 Å². The van der Waals surface area contributed by atoms with Crippen LogP contribution in [0.25, 0.3) is 0 Å². The van der Waals surface area contributed by atoms with Crippen LogP contribution in [-0.4, -0.2) is 79.8 Å². The van der Waals surface area contributed by atoms with Crippen LogP contribution in [0, 0.1) is 11.8 Å². The molecule has 2 fully saturated rings. The molecule has 0 saturated carbocycles. The highest BCUT2D eigenvalue weighted by atomic mass is 35.5. The summed E-state index contributed by atoms with van der Waals surface area (Å²) in [5.41, 5.74) is 0.546. The van der Waals surface area contributed by atoms with Gasteiger partial charge in [0, 0.05) is 36.3 Å². The number of nitrogens with zero attached hydrogens (tertiary/aromatic N) is 2. The normalized spacial score (nSPS) is 20.6. The molecule has 0 radical (unpaired) electrons. The smallest absolute Gasteiger partial charge is 0.309 e. The van der Waals surface area contributed by atoms with Crippen molar-refractivity contribution in [2.24, 2.45) is 11.8 Å². The largest absolute Gasteiger partial charge is 0.455 e. The monoisotopic (exact) mass is 498 g/mol. The lowest BCUT2D eigenvalue weighted by atomic mass is 9.96. The quantitative estimate of drug-likeness (QED) is 0.535. The molecule has 3 rings (SSSR count). The second-order valence-corrected chi connectivity index (χ2v) is 11.8. The molecule has 33 heavy (non-hydrogen) atoms. The molecule has 0 aromatic heterocycles. The number of carbonyl (C=O) groups is 3. The fourth-order valence-electron chi connectivity index (χ4n) is 4.30. The van der Waals surface area contributed by atoms with Crippen molar-refractivity contribution in [1.82, 2.24) is 9.80 Å². The number of amides is 2. The first-order valence-corrected chi connectivity index (χ1v) is 13.5. The topological polar surface area (TPSA) is 101 Å². The number of halogens is 1. The van der Waals surface area contributed by atoms with Crippen LogP contribution in [0.5, 0.6) is 0 Å². The SMILES string of the molecule is CC(C)CN(C(=O)COC(=O)C1CCN(C(=O)c2ccc(Cl)cc2)CC1)[C@@H]1CCS(=O)(=O)C1. The Balaban J connectivity index is 1.49. The maximum absolute atomic E-state index is 12.8. The number of rotatable bonds is 7. The molecule has 10 heteroatoms. The van der Waals surface area contributed by atoms with Crippen molar-refractivity contribution in [1.29, 1.82) is 0 Å². The fourth-order valence-corrected chi connectivity index (χ4v) is 6.15. The number of carbonyl (C=O) groups excluding carboxylic acids is 3. The summed E-state index contributed by atoms with van der Waals surface area (Å²) in [4.78, 5) is 41.2. The summed E-state index contributed by atoms with van der Waals surface area (Å²) in [7, 11) is -3.13. The van der Waals surface area contributed by atoms with Gasteiger partial charge in [0.05, 0.1) is 17.4 Å². The van der Waals surface area contributed by atoms with Crippen LogP contribution in [-0.2, 0) is 24.2 Å². The molecule has 1 aromatic carbocycles. The molecule has 0 spiro atoms. The first-order valence-electron chi connectivity index (χ1n) is 11.3. The Hall–Kier alpha value is -2.13. The Kier molecular flexibility index (Phi) is 8.39. The molecule has 2 saturated heterocycles. The van der Waals surface area contributed by atoms with E-state index in [4.69, 9.17) is 16.3 Å². The van der Waals surface area contributed by atoms with Crippen LogP contribution in [0.3, 0.4) is 0 Å². The summed E-state index contributed by atoms with van der Waals surface area (Å²) in [5.74, 6) is -1.11. The van der Waals surface area contributed by atoms with Crippen molar-refractivity contribution in [3.05, 3.63) is 34.9 Å². The lowest BCUT2D eigenvalue weighted by molar-refractivity contribution is -0.157. The van der Waals surface area contributed by atoms with Gasteiger partial charge in [-0.25, -0.2) is 8.42 Å². The highest BCUT2D eigenvalue weighted by Gasteiger charge is 2.36. The number of ether oxygens (including phenoxy) is 1. The van der Waals surface area contributed by atoms with E-state index in [1.54, 1.807) is 34.1 Å². The van der Waals surface area contributed by atoms with E-state index in [0.29, 0.717) is 49.5 Å². The Morgan fingerprint density at radius 3 is 2.30 bits per heavy atom. The lowest BCUT2D eigenvalue weighted by Crippen LogP contribution is -2.46. The average Bonchev–Trinajstić information content (AvgIpc) is 3.15. The van der Waals surface area contributed by atoms with Crippen molar-refractivity contribution in [2.75, 3.05) is 37.7 Å². The standard InChI is InChI=1S/C23H31ClN2O6S/c1-16(2)13-26(20-9-12-33(30,31)15-20)21(27)14-32-23(29)18-7-10-25(11-8-18)22(28)17-3-5-19(24)6-4-17/h3-6,16,18,20H,7-15H2,1-2H3/t20-/m1/s1. The van der Waals surface area contributed by atoms with E-state index in [1.165, 1.54) is 0 Å². The molecular weight excluding hydrogens is 468 g/mol. The molecule has 8 nitrogen and oxygen atoms in total. The van der Waals surface area contributed by atoms with Crippen LogP contribution in [0.1, 0.15) is 43.5 Å². The van der Waals surface area contributed by atoms with Gasteiger partial charge in [0.25, 0.3) is 11.8 Å². The second-order valence-electron chi connectivity index (χ2n) is 9.18. The summed E-state index contributed by atoms with van der Waals surface area (Å²) < 4.78 is 29.0. The number of piperidine rings is 1. The summed E-state index contributed by atoms with van der Waals surface area (Å²) in [6.45, 7) is 4.78. The van der Waals surface area contributed by atoms with E-state index >= 15 is 0 Å². The third-order valence-corrected chi connectivity index (χ3v) is 8.08. The van der Waals surface area contributed by atoms with E-state index in [1.807, 2.05) is 13.8 Å². The predicted octanol–water partition coefficient (Wildman–Crippen LogP) is 2.41. The molecule has 1 aromatic rings. The van der Waals surface area contributed by atoms with E-state index in [9.17, 15) is 22.8 Å². The fraction of sp³-hybridized carbons (Fsp3) is 0.609. The van der Waals surface area contributed by atoms with Crippen molar-refractivity contribution in [2.45, 2.75) is 39.2 Å². The maximum Gasteiger partial charge on any atom is 0.309 e. The molecule has 2 aliphatic heterocycles. The van der Waals surface area contributed by atoms with Crippen LogP contribution in [0.2, 0.25) is 5.02 Å². The first-order chi connectivity index (χ1) is 15.6. The van der Waals surface area contributed by atoms with E-state index in [2.05, 4.69) is 0 Å². The number of likely N-dealkylation sites (tertiary alicyclic amines) is 1. The van der Waals surface area contributed by atoms with E-state index in [-0.39, 0.29) is 41.2 Å². The van der Waals surface area contributed by atoms with Crippen LogP contribution >= 0.6 is 11.6 Å². The van der Waals surface area contributed by atoms with Crippen molar-refractivity contribution >= 4 is 39.2 Å². The Bertz CT molecular complexity index is 971. The Morgan fingerprint density at radius 1 is 1.12 bits per heavy atom. The first kappa shape index (κ1) is 25.5. The number of benzene rings is 1. The van der Waals surface area contributed by atoms with Gasteiger partial charge in [-0.3, -0.25) is 14.4 Å². The van der Waals surface area contributed by atoms with Crippen molar-refractivity contribution in [3.8, 4) is 0 Å². The highest BCUT2D eigenvalue weighted by molar-refractivity contribution is 7.91. The van der Waals surface area contributed by atoms with Gasteiger partial charge in [-0.05, 0) is 49.4 Å². The van der Waals surface area contributed by atoms with Crippen LogP contribution < -0.4 is 0 Å². The van der Waals surface area contributed by atoms with E-state index < -0.39 is 22.4 Å². The summed E-state index contributed by atoms with van der Waals surface area (Å²) >= 11 is 5.87. The third-order valence-electron chi connectivity index (χ3n) is 6.08. The molecule has 1 atom stereocenters. The summed E-state index contributed by atoms with van der Waals surface area (Å²) in [6, 6.07) is 6.31. The van der Waals surface area contributed by atoms with Gasteiger partial charge in [0.15, 0.2) is 16.4 Å². The molecule has 0 unspecified atom stereocenters. The third kappa shape index (κ3) is 6.93. The lowest BCUT2D eigenvalue weighted by Gasteiger charge is -2.32. The molecule has 0 aliphatic carbocycles. The molecule has 2 aliphatic rings. The molecule has 2 amide bonds. The van der Waals surface area contributed by atoms with Gasteiger partial charge < -0.3 is 14.5 Å². The molecule has 0 N–H and O–H groups in total. The van der Waals surface area contributed by atoms with Crippen molar-refractivity contribution in [3.63, 3.8) is 0 Å². The zero-order valence-corrected chi connectivity index (χ0v) is 20.6. The van der Waals surface area contributed by atoms with Crippen molar-refractivity contribution < 1.29 is 27.5 Å². The molecule has 2 heterocycles. The Labute approximate surface area is 200 Å². The predicted molar refractivity (Wildman–Crippen MR) is 125 cm³/mol. The molecular formula is C23H31ClN2O6S. The van der Waals surface area contributed by atoms with Gasteiger partial charge in [-0.15, -0.1) is 0 Å².